The van der Waals surface area contributed by atoms with Gasteiger partial charge in [0.05, 0.1) is 25.5 Å². The Hall–Kier alpha value is -2.01. The molecular formula is C15H17NO4. The molecule has 20 heavy (non-hydrogen) atoms. The van der Waals surface area contributed by atoms with Crippen molar-refractivity contribution in [2.75, 3.05) is 37.8 Å². The van der Waals surface area contributed by atoms with E-state index in [2.05, 4.69) is 4.90 Å². The first-order chi connectivity index (χ1) is 9.81. The number of furan rings is 1. The van der Waals surface area contributed by atoms with E-state index in [1.807, 2.05) is 24.3 Å². The number of ether oxygens (including phenoxy) is 2. The zero-order valence-corrected chi connectivity index (χ0v) is 11.4. The summed E-state index contributed by atoms with van der Waals surface area (Å²) in [5, 5.41) is 0.942. The number of para-hydroxylation sites is 1. The zero-order valence-electron chi connectivity index (χ0n) is 11.4. The topological polar surface area (TPSA) is 51.9 Å². The Morgan fingerprint density at radius 3 is 2.80 bits per heavy atom. The summed E-state index contributed by atoms with van der Waals surface area (Å²) in [6, 6.07) is 7.66. The number of carbonyl (C=O) groups is 1. The van der Waals surface area contributed by atoms with Crippen LogP contribution in [-0.2, 0) is 9.47 Å². The third kappa shape index (κ3) is 2.25. The van der Waals surface area contributed by atoms with Gasteiger partial charge in [-0.3, -0.25) is 0 Å². The number of hydrogen-bond donors (Lipinski definition) is 0. The Kier molecular flexibility index (Phi) is 3.60. The van der Waals surface area contributed by atoms with Crippen molar-refractivity contribution in [3.05, 3.63) is 30.0 Å². The number of anilines is 1. The first-order valence-electron chi connectivity index (χ1n) is 6.82. The van der Waals surface area contributed by atoms with E-state index in [4.69, 9.17) is 13.9 Å². The summed E-state index contributed by atoms with van der Waals surface area (Å²) in [7, 11) is 0. The molecule has 0 spiro atoms. The molecular weight excluding hydrogens is 258 g/mol. The van der Waals surface area contributed by atoms with E-state index in [-0.39, 0.29) is 5.76 Å². The molecule has 5 nitrogen and oxygen atoms in total. The van der Waals surface area contributed by atoms with Gasteiger partial charge >= 0.3 is 5.97 Å². The number of rotatable bonds is 3. The highest BCUT2D eigenvalue weighted by molar-refractivity contribution is 6.04. The fraction of sp³-hybridized carbons (Fsp3) is 0.400. The van der Waals surface area contributed by atoms with Crippen molar-refractivity contribution in [3.63, 3.8) is 0 Å². The Morgan fingerprint density at radius 1 is 1.30 bits per heavy atom. The van der Waals surface area contributed by atoms with Gasteiger partial charge in [-0.15, -0.1) is 0 Å². The molecule has 1 aliphatic heterocycles. The number of morpholine rings is 1. The lowest BCUT2D eigenvalue weighted by atomic mass is 10.2. The summed E-state index contributed by atoms with van der Waals surface area (Å²) >= 11 is 0. The van der Waals surface area contributed by atoms with Crippen molar-refractivity contribution < 1.29 is 18.7 Å². The Labute approximate surface area is 117 Å². The number of nitrogens with zero attached hydrogens (tertiary/aromatic N) is 1. The Balaban J connectivity index is 2.09. The molecule has 2 aromatic rings. The van der Waals surface area contributed by atoms with Crippen molar-refractivity contribution in [3.8, 4) is 0 Å². The standard InChI is InChI=1S/C15H17NO4/c1-2-19-15(17)14-13(16-7-9-18-10-8-16)11-5-3-4-6-12(11)20-14/h3-6H,2,7-10H2,1H3. The van der Waals surface area contributed by atoms with Gasteiger partial charge in [-0.1, -0.05) is 12.1 Å². The molecule has 3 rings (SSSR count). The second-order valence-electron chi connectivity index (χ2n) is 4.60. The van der Waals surface area contributed by atoms with Gasteiger partial charge in [0.15, 0.2) is 0 Å². The molecule has 1 aromatic carbocycles. The lowest BCUT2D eigenvalue weighted by molar-refractivity contribution is 0.0492. The molecule has 1 saturated heterocycles. The number of hydrogen-bond acceptors (Lipinski definition) is 5. The van der Waals surface area contributed by atoms with Crippen LogP contribution in [0.25, 0.3) is 11.0 Å². The summed E-state index contributed by atoms with van der Waals surface area (Å²) in [6.45, 7) is 4.92. The summed E-state index contributed by atoms with van der Waals surface area (Å²) in [5.74, 6) is -0.125. The largest absolute Gasteiger partial charge is 0.460 e. The van der Waals surface area contributed by atoms with Crippen LogP contribution in [0.3, 0.4) is 0 Å². The molecule has 0 aliphatic carbocycles. The first kappa shape index (κ1) is 13.0. The average Bonchev–Trinajstić information content (AvgIpc) is 2.88. The highest BCUT2D eigenvalue weighted by Gasteiger charge is 2.26. The Bertz CT molecular complexity index is 613. The highest BCUT2D eigenvalue weighted by atomic mass is 16.5. The molecule has 1 aliphatic rings. The normalized spacial score (nSPS) is 15.6. The maximum atomic E-state index is 12.1. The molecule has 1 aromatic heterocycles. The van der Waals surface area contributed by atoms with Gasteiger partial charge in [-0.05, 0) is 19.1 Å². The SMILES string of the molecule is CCOC(=O)c1oc2ccccc2c1N1CCOCC1. The van der Waals surface area contributed by atoms with Gasteiger partial charge in [-0.2, -0.15) is 0 Å². The second kappa shape index (κ2) is 5.54. The predicted octanol–water partition coefficient (Wildman–Crippen LogP) is 2.45. The minimum atomic E-state index is -0.412. The minimum absolute atomic E-state index is 0.287. The number of carbonyl (C=O) groups excluding carboxylic acids is 1. The van der Waals surface area contributed by atoms with Crippen LogP contribution in [0.2, 0.25) is 0 Å². The number of fused-ring (bicyclic) bond motifs is 1. The second-order valence-corrected chi connectivity index (χ2v) is 4.60. The number of esters is 1. The monoisotopic (exact) mass is 275 g/mol. The Morgan fingerprint density at radius 2 is 2.05 bits per heavy atom. The van der Waals surface area contributed by atoms with Crippen LogP contribution in [-0.4, -0.2) is 38.9 Å². The van der Waals surface area contributed by atoms with E-state index in [1.165, 1.54) is 0 Å². The molecule has 0 radical (unpaired) electrons. The maximum absolute atomic E-state index is 12.1. The molecule has 1 fully saturated rings. The molecule has 0 N–H and O–H groups in total. The van der Waals surface area contributed by atoms with Gasteiger partial charge in [-0.25, -0.2) is 4.79 Å². The maximum Gasteiger partial charge on any atom is 0.376 e. The van der Waals surface area contributed by atoms with Crippen molar-refractivity contribution in [1.29, 1.82) is 0 Å². The number of benzene rings is 1. The minimum Gasteiger partial charge on any atom is -0.460 e. The van der Waals surface area contributed by atoms with Crippen molar-refractivity contribution in [1.82, 2.24) is 0 Å². The van der Waals surface area contributed by atoms with Crippen LogP contribution in [0.4, 0.5) is 5.69 Å². The van der Waals surface area contributed by atoms with Crippen LogP contribution >= 0.6 is 0 Å². The third-order valence-electron chi connectivity index (χ3n) is 3.36. The van der Waals surface area contributed by atoms with Gasteiger partial charge in [0.1, 0.15) is 5.58 Å². The van der Waals surface area contributed by atoms with Crippen LogP contribution in [0.5, 0.6) is 0 Å². The highest BCUT2D eigenvalue weighted by Crippen LogP contribution is 2.34. The van der Waals surface area contributed by atoms with Gasteiger partial charge in [0, 0.05) is 18.5 Å². The van der Waals surface area contributed by atoms with E-state index in [9.17, 15) is 4.79 Å². The van der Waals surface area contributed by atoms with Gasteiger partial charge in [0.25, 0.3) is 0 Å². The van der Waals surface area contributed by atoms with Crippen molar-refractivity contribution in [2.24, 2.45) is 0 Å². The van der Waals surface area contributed by atoms with Crippen molar-refractivity contribution >= 4 is 22.6 Å². The van der Waals surface area contributed by atoms with Crippen LogP contribution < -0.4 is 4.90 Å². The lowest BCUT2D eigenvalue weighted by Crippen LogP contribution is -2.36. The van der Waals surface area contributed by atoms with E-state index in [0.717, 1.165) is 24.2 Å². The van der Waals surface area contributed by atoms with Crippen LogP contribution in [0.15, 0.2) is 28.7 Å². The molecule has 0 atom stereocenters. The molecule has 0 amide bonds. The summed E-state index contributed by atoms with van der Waals surface area (Å²) in [4.78, 5) is 14.2. The van der Waals surface area contributed by atoms with E-state index >= 15 is 0 Å². The summed E-state index contributed by atoms with van der Waals surface area (Å²) in [6.07, 6.45) is 0. The van der Waals surface area contributed by atoms with Crippen LogP contribution in [0.1, 0.15) is 17.5 Å². The van der Waals surface area contributed by atoms with Gasteiger partial charge < -0.3 is 18.8 Å². The van der Waals surface area contributed by atoms with Crippen molar-refractivity contribution in [2.45, 2.75) is 6.92 Å². The zero-order chi connectivity index (χ0) is 13.9. The third-order valence-corrected chi connectivity index (χ3v) is 3.36. The van der Waals surface area contributed by atoms with E-state index < -0.39 is 5.97 Å². The van der Waals surface area contributed by atoms with Gasteiger partial charge in [0.2, 0.25) is 5.76 Å². The van der Waals surface area contributed by atoms with E-state index in [0.29, 0.717) is 25.4 Å². The average molecular weight is 275 g/mol. The van der Waals surface area contributed by atoms with Crippen LogP contribution in [0, 0.1) is 0 Å². The van der Waals surface area contributed by atoms with E-state index in [1.54, 1.807) is 6.92 Å². The molecule has 106 valence electrons. The molecule has 0 bridgehead atoms. The summed E-state index contributed by atoms with van der Waals surface area (Å²) < 4.78 is 16.2. The smallest absolute Gasteiger partial charge is 0.376 e. The molecule has 0 saturated carbocycles. The predicted molar refractivity (Wildman–Crippen MR) is 75.2 cm³/mol. The summed E-state index contributed by atoms with van der Waals surface area (Å²) in [5.41, 5.74) is 1.53. The fourth-order valence-corrected chi connectivity index (χ4v) is 2.47. The molecule has 0 unspecified atom stereocenters. The molecule has 2 heterocycles. The first-order valence-corrected chi connectivity index (χ1v) is 6.82. The quantitative estimate of drug-likeness (QED) is 0.805. The fourth-order valence-electron chi connectivity index (χ4n) is 2.47. The lowest BCUT2D eigenvalue weighted by Gasteiger charge is -2.28. The molecule has 5 heteroatoms.